The first kappa shape index (κ1) is 21.8. The minimum atomic E-state index is 0.138. The van der Waals surface area contributed by atoms with Gasteiger partial charge in [0.15, 0.2) is 5.82 Å². The molecule has 4 heterocycles. The second-order valence-corrected chi connectivity index (χ2v) is 10.1. The number of hydrogen-bond acceptors (Lipinski definition) is 5. The van der Waals surface area contributed by atoms with Crippen LogP contribution in [0.4, 0.5) is 0 Å². The highest BCUT2D eigenvalue weighted by atomic mass is 16.5. The Morgan fingerprint density at radius 1 is 1.03 bits per heavy atom. The summed E-state index contributed by atoms with van der Waals surface area (Å²) in [5, 5.41) is 5.65. The molecule has 2 fully saturated rings. The van der Waals surface area contributed by atoms with Gasteiger partial charge < -0.3 is 18.7 Å². The van der Waals surface area contributed by atoms with Crippen molar-refractivity contribution in [1.82, 2.24) is 19.6 Å². The highest BCUT2D eigenvalue weighted by Gasteiger charge is 2.30. The number of aromatic nitrogens is 3. The summed E-state index contributed by atoms with van der Waals surface area (Å²) in [6, 6.07) is 8.69. The van der Waals surface area contributed by atoms with Crippen LogP contribution >= 0.6 is 0 Å². The molecule has 2 aromatic heterocycles. The zero-order valence-corrected chi connectivity index (χ0v) is 19.9. The number of aryl methyl sites for hydroxylation is 2. The van der Waals surface area contributed by atoms with Crippen LogP contribution in [0.25, 0.3) is 10.9 Å². The molecule has 6 rings (SSSR count). The first-order chi connectivity index (χ1) is 16.8. The molecule has 7 heteroatoms. The first-order valence-corrected chi connectivity index (χ1v) is 13.1. The number of benzene rings is 1. The second kappa shape index (κ2) is 9.53. The van der Waals surface area contributed by atoms with Gasteiger partial charge in [-0.05, 0) is 63.0 Å². The van der Waals surface area contributed by atoms with E-state index in [-0.39, 0.29) is 11.8 Å². The van der Waals surface area contributed by atoms with Crippen LogP contribution in [0.15, 0.2) is 28.8 Å². The van der Waals surface area contributed by atoms with Crippen LogP contribution < -0.4 is 0 Å². The number of likely N-dealkylation sites (tertiary alicyclic amines) is 1. The predicted molar refractivity (Wildman–Crippen MR) is 129 cm³/mol. The van der Waals surface area contributed by atoms with Crippen LogP contribution in [0.1, 0.15) is 79.8 Å². The van der Waals surface area contributed by atoms with Crippen molar-refractivity contribution in [3.8, 4) is 0 Å². The van der Waals surface area contributed by atoms with Crippen molar-refractivity contribution in [2.24, 2.45) is 0 Å². The zero-order chi connectivity index (χ0) is 22.9. The number of piperidine rings is 1. The number of para-hydroxylation sites is 1. The van der Waals surface area contributed by atoms with Crippen LogP contribution in [0.2, 0.25) is 0 Å². The summed E-state index contributed by atoms with van der Waals surface area (Å²) < 4.78 is 13.5. The van der Waals surface area contributed by atoms with Crippen molar-refractivity contribution in [1.29, 1.82) is 0 Å². The lowest BCUT2D eigenvalue weighted by molar-refractivity contribution is -0.132. The van der Waals surface area contributed by atoms with E-state index in [1.807, 2.05) is 4.90 Å². The third kappa shape index (κ3) is 4.15. The number of hydrogen-bond donors (Lipinski definition) is 0. The van der Waals surface area contributed by atoms with Gasteiger partial charge in [0.1, 0.15) is 0 Å². The molecular formula is C27H34N4O3. The highest BCUT2D eigenvalue weighted by Crippen LogP contribution is 2.33. The molecular weight excluding hydrogens is 428 g/mol. The van der Waals surface area contributed by atoms with Gasteiger partial charge in [-0.3, -0.25) is 4.79 Å². The minimum Gasteiger partial charge on any atom is -0.381 e. The van der Waals surface area contributed by atoms with Gasteiger partial charge in [-0.15, -0.1) is 0 Å². The van der Waals surface area contributed by atoms with Crippen LogP contribution in [0.3, 0.4) is 0 Å². The van der Waals surface area contributed by atoms with Crippen molar-refractivity contribution < 1.29 is 14.1 Å². The lowest BCUT2D eigenvalue weighted by atomic mass is 9.95. The lowest BCUT2D eigenvalue weighted by Crippen LogP contribution is -2.39. The predicted octanol–water partition coefficient (Wildman–Crippen LogP) is 4.59. The molecule has 1 unspecified atom stereocenters. The Kier molecular flexibility index (Phi) is 6.12. The Bertz CT molecular complexity index is 1160. The molecule has 2 aliphatic heterocycles. The van der Waals surface area contributed by atoms with Gasteiger partial charge in [0.25, 0.3) is 0 Å². The third-order valence-corrected chi connectivity index (χ3v) is 8.00. The van der Waals surface area contributed by atoms with Crippen LogP contribution in [0.5, 0.6) is 0 Å². The molecule has 7 nitrogen and oxygen atoms in total. The molecule has 1 aliphatic carbocycles. The van der Waals surface area contributed by atoms with Gasteiger partial charge in [0, 0.05) is 61.8 Å². The van der Waals surface area contributed by atoms with Crippen LogP contribution in [-0.4, -0.2) is 51.8 Å². The largest absolute Gasteiger partial charge is 0.381 e. The molecule has 1 atom stereocenters. The Labute approximate surface area is 200 Å². The van der Waals surface area contributed by atoms with E-state index >= 15 is 0 Å². The maximum atomic E-state index is 13.3. The van der Waals surface area contributed by atoms with Crippen molar-refractivity contribution >= 4 is 16.8 Å². The summed E-state index contributed by atoms with van der Waals surface area (Å²) in [6.07, 6.45) is 9.20. The average Bonchev–Trinajstić information content (AvgIpc) is 3.52. The van der Waals surface area contributed by atoms with Gasteiger partial charge in [-0.2, -0.15) is 4.98 Å². The Morgan fingerprint density at radius 2 is 1.88 bits per heavy atom. The summed E-state index contributed by atoms with van der Waals surface area (Å²) in [6.45, 7) is 3.78. The molecule has 1 aromatic carbocycles. The summed E-state index contributed by atoms with van der Waals surface area (Å²) >= 11 is 0. The normalized spacial score (nSPS) is 21.6. The van der Waals surface area contributed by atoms with Gasteiger partial charge in [-0.25, -0.2) is 0 Å². The van der Waals surface area contributed by atoms with E-state index in [1.165, 1.54) is 35.0 Å². The number of rotatable bonds is 5. The molecule has 1 amide bonds. The molecule has 0 radical (unpaired) electrons. The van der Waals surface area contributed by atoms with E-state index in [9.17, 15) is 4.79 Å². The summed E-state index contributed by atoms with van der Waals surface area (Å²) in [5.74, 6) is 2.21. The summed E-state index contributed by atoms with van der Waals surface area (Å²) in [4.78, 5) is 20.0. The summed E-state index contributed by atoms with van der Waals surface area (Å²) in [7, 11) is 0. The highest BCUT2D eigenvalue weighted by molar-refractivity contribution is 5.86. The van der Waals surface area contributed by atoms with E-state index < -0.39 is 0 Å². The minimum absolute atomic E-state index is 0.138. The van der Waals surface area contributed by atoms with E-state index in [1.54, 1.807) is 0 Å². The number of fused-ring (bicyclic) bond motifs is 3. The topological polar surface area (TPSA) is 73.4 Å². The number of carbonyl (C=O) groups excluding carboxylic acids is 1. The van der Waals surface area contributed by atoms with Gasteiger partial charge in [0.05, 0.1) is 5.92 Å². The van der Waals surface area contributed by atoms with Gasteiger partial charge in [0.2, 0.25) is 11.8 Å². The molecule has 0 bridgehead atoms. The third-order valence-electron chi connectivity index (χ3n) is 8.00. The smallest absolute Gasteiger partial charge is 0.231 e. The fourth-order valence-electron chi connectivity index (χ4n) is 6.15. The SMILES string of the molecule is O=C(CCn1c2c(c3ccccc31)CCCC2)N1CCCC(c2nc(C3CCOCC3)no2)C1. The zero-order valence-electron chi connectivity index (χ0n) is 19.9. The van der Waals surface area contributed by atoms with Crippen molar-refractivity contribution in [3.63, 3.8) is 0 Å². The molecule has 0 saturated carbocycles. The van der Waals surface area contributed by atoms with Crippen LogP contribution in [-0.2, 0) is 28.9 Å². The lowest BCUT2D eigenvalue weighted by Gasteiger charge is -2.31. The van der Waals surface area contributed by atoms with Gasteiger partial charge in [-0.1, -0.05) is 23.4 Å². The van der Waals surface area contributed by atoms with Gasteiger partial charge >= 0.3 is 0 Å². The Balaban J connectivity index is 1.12. The van der Waals surface area contributed by atoms with Crippen molar-refractivity contribution in [2.45, 2.75) is 76.2 Å². The fourth-order valence-corrected chi connectivity index (χ4v) is 6.15. The second-order valence-electron chi connectivity index (χ2n) is 10.1. The Hall–Kier alpha value is -2.67. The molecule has 180 valence electrons. The number of carbonyl (C=O) groups is 1. The van der Waals surface area contributed by atoms with E-state index in [0.29, 0.717) is 24.8 Å². The first-order valence-electron chi connectivity index (χ1n) is 13.1. The van der Waals surface area contributed by atoms with E-state index in [0.717, 1.165) is 70.7 Å². The molecule has 0 N–H and O–H groups in total. The average molecular weight is 463 g/mol. The van der Waals surface area contributed by atoms with E-state index in [4.69, 9.17) is 14.2 Å². The number of nitrogens with zero attached hydrogens (tertiary/aromatic N) is 4. The monoisotopic (exact) mass is 462 g/mol. The summed E-state index contributed by atoms with van der Waals surface area (Å²) in [5.41, 5.74) is 4.23. The quantitative estimate of drug-likeness (QED) is 0.554. The fraction of sp³-hybridized carbons (Fsp3) is 0.593. The van der Waals surface area contributed by atoms with Crippen molar-refractivity contribution in [3.05, 3.63) is 47.2 Å². The molecule has 2 saturated heterocycles. The molecule has 3 aliphatic rings. The Morgan fingerprint density at radius 3 is 2.79 bits per heavy atom. The molecule has 3 aromatic rings. The molecule has 0 spiro atoms. The standard InChI is InChI=1S/C27H34N4O3/c32-25(11-15-31-23-9-3-1-7-21(23)22-8-2-4-10-24(22)31)30-14-5-6-20(18-30)27-28-26(29-34-27)19-12-16-33-17-13-19/h1,3,7,9,19-20H,2,4-6,8,10-18H2. The number of amides is 1. The van der Waals surface area contributed by atoms with Crippen LogP contribution in [0, 0.1) is 0 Å². The van der Waals surface area contributed by atoms with Crippen molar-refractivity contribution in [2.75, 3.05) is 26.3 Å². The maximum absolute atomic E-state index is 13.3. The molecule has 34 heavy (non-hydrogen) atoms. The maximum Gasteiger partial charge on any atom is 0.231 e. The van der Waals surface area contributed by atoms with E-state index in [2.05, 4.69) is 34.0 Å². The number of ether oxygens (including phenoxy) is 1.